The lowest BCUT2D eigenvalue weighted by Crippen LogP contribution is -2.23. The Labute approximate surface area is 119 Å². The van der Waals surface area contributed by atoms with Crippen molar-refractivity contribution in [2.75, 3.05) is 13.7 Å². The SMILES string of the molecule is COC(=O)CNCc1cc(C)n(-c2ccccc2)c1C. The van der Waals surface area contributed by atoms with Crippen LogP contribution in [0.3, 0.4) is 0 Å². The van der Waals surface area contributed by atoms with E-state index in [0.717, 1.165) is 5.69 Å². The van der Waals surface area contributed by atoms with E-state index in [1.54, 1.807) is 0 Å². The van der Waals surface area contributed by atoms with Crippen LogP contribution < -0.4 is 5.32 Å². The number of aryl methyl sites for hydroxylation is 1. The molecule has 1 aromatic heterocycles. The Morgan fingerprint density at radius 2 is 1.95 bits per heavy atom. The molecule has 1 N–H and O–H groups in total. The van der Waals surface area contributed by atoms with Crippen molar-refractivity contribution in [3.8, 4) is 5.69 Å². The molecule has 1 heterocycles. The van der Waals surface area contributed by atoms with Gasteiger partial charge in [0.25, 0.3) is 0 Å². The van der Waals surface area contributed by atoms with Gasteiger partial charge in [-0.25, -0.2) is 0 Å². The standard InChI is InChI=1S/C16H20N2O2/c1-12-9-14(10-17-11-16(19)20-3)13(2)18(12)15-7-5-4-6-8-15/h4-9,17H,10-11H2,1-3H3. The summed E-state index contributed by atoms with van der Waals surface area (Å²) >= 11 is 0. The normalized spacial score (nSPS) is 10.6. The predicted octanol–water partition coefficient (Wildman–Crippen LogP) is 2.36. The monoisotopic (exact) mass is 272 g/mol. The molecule has 0 atom stereocenters. The van der Waals surface area contributed by atoms with Crippen LogP contribution in [0, 0.1) is 13.8 Å². The minimum Gasteiger partial charge on any atom is -0.468 e. The summed E-state index contributed by atoms with van der Waals surface area (Å²) in [6, 6.07) is 12.4. The zero-order valence-electron chi connectivity index (χ0n) is 12.1. The molecule has 0 amide bonds. The Morgan fingerprint density at radius 1 is 1.25 bits per heavy atom. The van der Waals surface area contributed by atoms with Crippen molar-refractivity contribution in [3.05, 3.63) is 53.3 Å². The largest absolute Gasteiger partial charge is 0.468 e. The minimum absolute atomic E-state index is 0.228. The molecular weight excluding hydrogens is 252 g/mol. The number of rotatable bonds is 5. The summed E-state index contributed by atoms with van der Waals surface area (Å²) in [4.78, 5) is 11.1. The average molecular weight is 272 g/mol. The summed E-state index contributed by atoms with van der Waals surface area (Å²) in [6.07, 6.45) is 0. The van der Waals surface area contributed by atoms with Crippen LogP contribution in [0.4, 0.5) is 0 Å². The van der Waals surface area contributed by atoms with Crippen molar-refractivity contribution >= 4 is 5.97 Å². The number of carbonyl (C=O) groups is 1. The smallest absolute Gasteiger partial charge is 0.319 e. The van der Waals surface area contributed by atoms with E-state index < -0.39 is 0 Å². The first-order valence-electron chi connectivity index (χ1n) is 6.64. The van der Waals surface area contributed by atoms with E-state index in [2.05, 4.69) is 46.7 Å². The highest BCUT2D eigenvalue weighted by Crippen LogP contribution is 2.20. The number of hydrogen-bond acceptors (Lipinski definition) is 3. The fourth-order valence-corrected chi connectivity index (χ4v) is 2.35. The van der Waals surface area contributed by atoms with Gasteiger partial charge in [0.1, 0.15) is 0 Å². The Morgan fingerprint density at radius 3 is 2.60 bits per heavy atom. The highest BCUT2D eigenvalue weighted by molar-refractivity contribution is 5.71. The highest BCUT2D eigenvalue weighted by Gasteiger charge is 2.10. The van der Waals surface area contributed by atoms with Crippen LogP contribution in [-0.2, 0) is 16.1 Å². The van der Waals surface area contributed by atoms with Crippen LogP contribution in [0.5, 0.6) is 0 Å². The molecule has 0 aliphatic rings. The molecule has 0 bridgehead atoms. The van der Waals surface area contributed by atoms with Crippen molar-refractivity contribution in [2.24, 2.45) is 0 Å². The van der Waals surface area contributed by atoms with Crippen LogP contribution in [0.1, 0.15) is 17.0 Å². The molecule has 0 aliphatic heterocycles. The summed E-state index contributed by atoms with van der Waals surface area (Å²) in [7, 11) is 1.39. The van der Waals surface area contributed by atoms with Gasteiger partial charge in [-0.1, -0.05) is 18.2 Å². The first-order valence-corrected chi connectivity index (χ1v) is 6.64. The number of benzene rings is 1. The van der Waals surface area contributed by atoms with Gasteiger partial charge in [0.15, 0.2) is 0 Å². The number of nitrogens with one attached hydrogen (secondary N) is 1. The van der Waals surface area contributed by atoms with Crippen LogP contribution in [0.25, 0.3) is 5.69 Å². The number of carbonyl (C=O) groups excluding carboxylic acids is 1. The number of esters is 1. The molecule has 20 heavy (non-hydrogen) atoms. The van der Waals surface area contributed by atoms with Crippen molar-refractivity contribution in [2.45, 2.75) is 20.4 Å². The Balaban J connectivity index is 2.15. The summed E-state index contributed by atoms with van der Waals surface area (Å²) < 4.78 is 6.83. The maximum absolute atomic E-state index is 11.1. The van der Waals surface area contributed by atoms with Crippen LogP contribution in [0.2, 0.25) is 0 Å². The van der Waals surface area contributed by atoms with Gasteiger partial charge in [0, 0.05) is 23.6 Å². The molecule has 0 radical (unpaired) electrons. The summed E-state index contributed by atoms with van der Waals surface area (Å²) in [5.74, 6) is -0.248. The lowest BCUT2D eigenvalue weighted by molar-refractivity contribution is -0.139. The number of aromatic nitrogens is 1. The Kier molecular flexibility index (Phi) is 4.58. The molecule has 0 aliphatic carbocycles. The van der Waals surface area contributed by atoms with E-state index in [-0.39, 0.29) is 12.5 Å². The van der Waals surface area contributed by atoms with E-state index in [9.17, 15) is 4.79 Å². The van der Waals surface area contributed by atoms with Gasteiger partial charge in [-0.05, 0) is 37.6 Å². The molecule has 2 aromatic rings. The number of nitrogens with zero attached hydrogens (tertiary/aromatic N) is 1. The number of para-hydroxylation sites is 1. The second kappa shape index (κ2) is 6.39. The van der Waals surface area contributed by atoms with Crippen molar-refractivity contribution in [1.29, 1.82) is 0 Å². The van der Waals surface area contributed by atoms with Gasteiger partial charge in [-0.3, -0.25) is 4.79 Å². The third-order valence-corrected chi connectivity index (χ3v) is 3.36. The molecule has 2 rings (SSSR count). The van der Waals surface area contributed by atoms with Crippen molar-refractivity contribution in [1.82, 2.24) is 9.88 Å². The van der Waals surface area contributed by atoms with Gasteiger partial charge < -0.3 is 14.6 Å². The van der Waals surface area contributed by atoms with Gasteiger partial charge in [-0.2, -0.15) is 0 Å². The quantitative estimate of drug-likeness (QED) is 0.850. The van der Waals surface area contributed by atoms with E-state index in [1.807, 2.05) is 18.2 Å². The van der Waals surface area contributed by atoms with E-state index in [0.29, 0.717) is 6.54 Å². The third-order valence-electron chi connectivity index (χ3n) is 3.36. The van der Waals surface area contributed by atoms with Gasteiger partial charge in [0.05, 0.1) is 13.7 Å². The Hall–Kier alpha value is -2.07. The third kappa shape index (κ3) is 3.08. The summed E-state index contributed by atoms with van der Waals surface area (Å²) in [6.45, 7) is 5.06. The van der Waals surface area contributed by atoms with Crippen molar-refractivity contribution in [3.63, 3.8) is 0 Å². The second-order valence-corrected chi connectivity index (χ2v) is 4.75. The van der Waals surface area contributed by atoms with Crippen LogP contribution in [-0.4, -0.2) is 24.2 Å². The Bertz CT molecular complexity index is 588. The van der Waals surface area contributed by atoms with E-state index in [4.69, 9.17) is 0 Å². The molecule has 0 spiro atoms. The fraction of sp³-hybridized carbons (Fsp3) is 0.312. The second-order valence-electron chi connectivity index (χ2n) is 4.75. The average Bonchev–Trinajstić information content (AvgIpc) is 2.74. The van der Waals surface area contributed by atoms with E-state index in [1.165, 1.54) is 24.1 Å². The fourth-order valence-electron chi connectivity index (χ4n) is 2.35. The van der Waals surface area contributed by atoms with Crippen molar-refractivity contribution < 1.29 is 9.53 Å². The number of ether oxygens (including phenoxy) is 1. The molecule has 0 saturated carbocycles. The van der Waals surface area contributed by atoms with Gasteiger partial charge in [-0.15, -0.1) is 0 Å². The van der Waals surface area contributed by atoms with Gasteiger partial charge in [0.2, 0.25) is 0 Å². The maximum atomic E-state index is 11.1. The maximum Gasteiger partial charge on any atom is 0.319 e. The first kappa shape index (κ1) is 14.3. The molecular formula is C16H20N2O2. The predicted molar refractivity (Wildman–Crippen MR) is 79.0 cm³/mol. The minimum atomic E-state index is -0.248. The topological polar surface area (TPSA) is 43.3 Å². The molecule has 0 saturated heterocycles. The highest BCUT2D eigenvalue weighted by atomic mass is 16.5. The van der Waals surface area contributed by atoms with Crippen LogP contribution >= 0.6 is 0 Å². The number of methoxy groups -OCH3 is 1. The molecule has 4 nitrogen and oxygen atoms in total. The zero-order chi connectivity index (χ0) is 14.5. The summed E-state index contributed by atoms with van der Waals surface area (Å²) in [5, 5.41) is 3.10. The molecule has 1 aromatic carbocycles. The first-order chi connectivity index (χ1) is 9.63. The molecule has 0 fully saturated rings. The summed E-state index contributed by atoms with van der Waals surface area (Å²) in [5.41, 5.74) is 4.71. The van der Waals surface area contributed by atoms with Crippen LogP contribution in [0.15, 0.2) is 36.4 Å². The lowest BCUT2D eigenvalue weighted by atomic mass is 10.2. The van der Waals surface area contributed by atoms with E-state index >= 15 is 0 Å². The molecule has 106 valence electrons. The zero-order valence-corrected chi connectivity index (χ0v) is 12.1. The van der Waals surface area contributed by atoms with Gasteiger partial charge >= 0.3 is 5.97 Å². The lowest BCUT2D eigenvalue weighted by Gasteiger charge is -2.10. The molecule has 4 heteroatoms. The number of hydrogen-bond donors (Lipinski definition) is 1. The molecule has 0 unspecified atom stereocenters.